The van der Waals surface area contributed by atoms with Crippen molar-refractivity contribution in [3.8, 4) is 0 Å². The maximum Gasteiger partial charge on any atom is 0.335 e. The van der Waals surface area contributed by atoms with Gasteiger partial charge in [-0.3, -0.25) is 4.79 Å². The fourth-order valence-corrected chi connectivity index (χ4v) is 3.82. The number of nitrogens with one attached hydrogen (secondary N) is 1. The highest BCUT2D eigenvalue weighted by atomic mass is 35.5. The number of hydrogen-bond donors (Lipinski definition) is 3. The van der Waals surface area contributed by atoms with Crippen molar-refractivity contribution >= 4 is 34.4 Å². The SMILES string of the molecule is O=C(O)c1ccc([C@H](CO)NC(=O)c2cccc3ccn(Cc4ccc(Cl)cc4)c23)cc1. The lowest BCUT2D eigenvalue weighted by Gasteiger charge is -2.18. The molecule has 1 heterocycles. The van der Waals surface area contributed by atoms with E-state index in [1.807, 2.05) is 53.2 Å². The number of benzene rings is 3. The van der Waals surface area contributed by atoms with E-state index < -0.39 is 12.0 Å². The third-order valence-corrected chi connectivity index (χ3v) is 5.60. The first-order valence-corrected chi connectivity index (χ1v) is 10.4. The first-order valence-electron chi connectivity index (χ1n) is 10.0. The topological polar surface area (TPSA) is 91.6 Å². The molecule has 0 aliphatic rings. The summed E-state index contributed by atoms with van der Waals surface area (Å²) in [6.07, 6.45) is 1.93. The molecule has 0 spiro atoms. The molecule has 0 fully saturated rings. The number of amides is 1. The minimum Gasteiger partial charge on any atom is -0.478 e. The number of carbonyl (C=O) groups excluding carboxylic acids is 1. The molecule has 1 amide bonds. The number of carbonyl (C=O) groups is 2. The van der Waals surface area contributed by atoms with E-state index in [0.29, 0.717) is 22.7 Å². The van der Waals surface area contributed by atoms with Crippen molar-refractivity contribution in [1.82, 2.24) is 9.88 Å². The van der Waals surface area contributed by atoms with E-state index in [-0.39, 0.29) is 18.1 Å². The lowest BCUT2D eigenvalue weighted by atomic mass is 10.0. The van der Waals surface area contributed by atoms with Crippen LogP contribution in [0.15, 0.2) is 79.0 Å². The van der Waals surface area contributed by atoms with Gasteiger partial charge in [0.2, 0.25) is 0 Å². The standard InChI is InChI=1S/C25H21ClN2O4/c26-20-10-4-16(5-11-20)14-28-13-12-18-2-1-3-21(23(18)28)24(30)27-22(15-29)17-6-8-19(9-7-17)25(31)32/h1-13,22,29H,14-15H2,(H,27,30)(H,31,32)/t22-/m0/s1. The van der Waals surface area contributed by atoms with E-state index in [2.05, 4.69) is 5.32 Å². The van der Waals surface area contributed by atoms with Crippen LogP contribution < -0.4 is 5.32 Å². The molecule has 6 nitrogen and oxygen atoms in total. The molecule has 0 aliphatic carbocycles. The zero-order valence-corrected chi connectivity index (χ0v) is 17.8. The third-order valence-electron chi connectivity index (χ3n) is 5.35. The Morgan fingerprint density at radius 2 is 1.69 bits per heavy atom. The molecule has 0 bridgehead atoms. The molecule has 3 aromatic carbocycles. The summed E-state index contributed by atoms with van der Waals surface area (Å²) in [6.45, 7) is 0.255. The Balaban J connectivity index is 1.62. The minimum atomic E-state index is -1.03. The van der Waals surface area contributed by atoms with Crippen LogP contribution in [0.4, 0.5) is 0 Å². The number of aromatic carboxylic acids is 1. The molecule has 32 heavy (non-hydrogen) atoms. The van der Waals surface area contributed by atoms with Gasteiger partial charge in [0.1, 0.15) is 0 Å². The highest BCUT2D eigenvalue weighted by Gasteiger charge is 2.19. The van der Waals surface area contributed by atoms with E-state index in [0.717, 1.165) is 16.5 Å². The van der Waals surface area contributed by atoms with Crippen molar-refractivity contribution in [3.05, 3.63) is 106 Å². The summed E-state index contributed by atoms with van der Waals surface area (Å²) in [7, 11) is 0. The molecule has 1 aromatic heterocycles. The summed E-state index contributed by atoms with van der Waals surface area (Å²) in [6, 6.07) is 20.4. The normalized spacial score (nSPS) is 11.9. The summed E-state index contributed by atoms with van der Waals surface area (Å²) in [5.74, 6) is -1.36. The van der Waals surface area contributed by atoms with Crippen molar-refractivity contribution in [3.63, 3.8) is 0 Å². The predicted octanol–water partition coefficient (Wildman–Crippen LogP) is 4.50. The molecule has 7 heteroatoms. The molecule has 0 saturated heterocycles. The number of hydrogen-bond acceptors (Lipinski definition) is 3. The van der Waals surface area contributed by atoms with Crippen molar-refractivity contribution in [2.45, 2.75) is 12.6 Å². The Bertz CT molecular complexity index is 1260. The number of aliphatic hydroxyl groups excluding tert-OH is 1. The molecule has 1 atom stereocenters. The molecular weight excluding hydrogens is 428 g/mol. The number of para-hydroxylation sites is 1. The number of nitrogens with zero attached hydrogens (tertiary/aromatic N) is 1. The summed E-state index contributed by atoms with van der Waals surface area (Å²) >= 11 is 5.98. The smallest absolute Gasteiger partial charge is 0.335 e. The van der Waals surface area contributed by atoms with Gasteiger partial charge in [0.15, 0.2) is 0 Å². The number of fused-ring (bicyclic) bond motifs is 1. The first kappa shape index (κ1) is 21.6. The zero-order valence-electron chi connectivity index (χ0n) is 17.0. The van der Waals surface area contributed by atoms with Gasteiger partial charge in [0, 0.05) is 23.2 Å². The fraction of sp³-hybridized carbons (Fsp3) is 0.120. The van der Waals surface area contributed by atoms with E-state index >= 15 is 0 Å². The molecule has 0 unspecified atom stereocenters. The summed E-state index contributed by atoms with van der Waals surface area (Å²) in [4.78, 5) is 24.2. The molecule has 4 aromatic rings. The monoisotopic (exact) mass is 448 g/mol. The van der Waals surface area contributed by atoms with Gasteiger partial charge in [-0.2, -0.15) is 0 Å². The van der Waals surface area contributed by atoms with E-state index in [1.54, 1.807) is 18.2 Å². The third kappa shape index (κ3) is 4.51. The van der Waals surface area contributed by atoms with Crippen molar-refractivity contribution in [2.75, 3.05) is 6.61 Å². The molecule has 0 saturated carbocycles. The second-order valence-corrected chi connectivity index (χ2v) is 7.89. The van der Waals surface area contributed by atoms with Gasteiger partial charge in [0.05, 0.1) is 29.3 Å². The number of aromatic nitrogens is 1. The number of carboxylic acid groups (broad SMARTS) is 1. The van der Waals surface area contributed by atoms with Crippen LogP contribution in [0.5, 0.6) is 0 Å². The highest BCUT2D eigenvalue weighted by molar-refractivity contribution is 6.30. The second kappa shape index (κ2) is 9.26. The van der Waals surface area contributed by atoms with Gasteiger partial charge in [-0.15, -0.1) is 0 Å². The average molecular weight is 449 g/mol. The number of rotatable bonds is 7. The Hall–Kier alpha value is -3.61. The second-order valence-electron chi connectivity index (χ2n) is 7.45. The van der Waals surface area contributed by atoms with Gasteiger partial charge in [-0.05, 0) is 47.5 Å². The van der Waals surface area contributed by atoms with Crippen LogP contribution in [0.25, 0.3) is 10.9 Å². The number of carboxylic acids is 1. The van der Waals surface area contributed by atoms with Gasteiger partial charge in [-0.1, -0.05) is 48.0 Å². The molecule has 0 radical (unpaired) electrons. The van der Waals surface area contributed by atoms with Crippen LogP contribution >= 0.6 is 11.6 Å². The van der Waals surface area contributed by atoms with E-state index in [4.69, 9.17) is 16.7 Å². The number of aliphatic hydroxyl groups is 1. The quantitative estimate of drug-likeness (QED) is 0.388. The zero-order chi connectivity index (χ0) is 22.7. The molecule has 162 valence electrons. The van der Waals surface area contributed by atoms with Crippen LogP contribution in [-0.4, -0.2) is 33.3 Å². The van der Waals surface area contributed by atoms with Gasteiger partial charge >= 0.3 is 5.97 Å². The number of halogens is 1. The molecule has 4 rings (SSSR count). The maximum atomic E-state index is 13.2. The van der Waals surface area contributed by atoms with Gasteiger partial charge in [0.25, 0.3) is 5.91 Å². The molecular formula is C25H21ClN2O4. The van der Waals surface area contributed by atoms with Crippen LogP contribution in [0.3, 0.4) is 0 Å². The van der Waals surface area contributed by atoms with Crippen LogP contribution in [-0.2, 0) is 6.54 Å². The van der Waals surface area contributed by atoms with Gasteiger partial charge in [-0.25, -0.2) is 4.79 Å². The lowest BCUT2D eigenvalue weighted by Crippen LogP contribution is -2.31. The van der Waals surface area contributed by atoms with Crippen molar-refractivity contribution < 1.29 is 19.8 Å². The Morgan fingerprint density at radius 1 is 0.969 bits per heavy atom. The van der Waals surface area contributed by atoms with Crippen molar-refractivity contribution in [1.29, 1.82) is 0 Å². The summed E-state index contributed by atoms with van der Waals surface area (Å²) < 4.78 is 2.00. The average Bonchev–Trinajstić information content (AvgIpc) is 3.21. The highest BCUT2D eigenvalue weighted by Crippen LogP contribution is 2.23. The Morgan fingerprint density at radius 3 is 2.34 bits per heavy atom. The lowest BCUT2D eigenvalue weighted by molar-refractivity contribution is 0.0696. The summed E-state index contributed by atoms with van der Waals surface area (Å²) in [5.41, 5.74) is 3.09. The summed E-state index contributed by atoms with van der Waals surface area (Å²) in [5, 5.41) is 23.4. The first-order chi connectivity index (χ1) is 15.5. The Kier molecular flexibility index (Phi) is 6.25. The van der Waals surface area contributed by atoms with Crippen LogP contribution in [0.2, 0.25) is 5.02 Å². The molecule has 0 aliphatic heterocycles. The van der Waals surface area contributed by atoms with Crippen LogP contribution in [0.1, 0.15) is 37.9 Å². The maximum absolute atomic E-state index is 13.2. The largest absolute Gasteiger partial charge is 0.478 e. The predicted molar refractivity (Wildman–Crippen MR) is 123 cm³/mol. The van der Waals surface area contributed by atoms with Gasteiger partial charge < -0.3 is 20.1 Å². The van der Waals surface area contributed by atoms with Crippen LogP contribution in [0, 0.1) is 0 Å². The van der Waals surface area contributed by atoms with Crippen molar-refractivity contribution in [2.24, 2.45) is 0 Å². The van der Waals surface area contributed by atoms with E-state index in [9.17, 15) is 14.7 Å². The fourth-order valence-electron chi connectivity index (χ4n) is 3.69. The van der Waals surface area contributed by atoms with E-state index in [1.165, 1.54) is 12.1 Å². The Labute approximate surface area is 189 Å². The minimum absolute atomic E-state index is 0.140. The molecule has 3 N–H and O–H groups in total.